The number of amides is 1. The first-order valence-electron chi connectivity index (χ1n) is 7.85. The van der Waals surface area contributed by atoms with Crippen LogP contribution in [0.2, 0.25) is 5.02 Å². The standard InChI is InChI=1S/C19H17ClF3NO2/c1-11-3-4-12(2)14(9-11)17(25)7-8-18(26)24-13-5-6-16(20)15(10-13)19(21,22)23/h3-6,9-10H,7-8H2,1-2H3,(H,24,26). The monoisotopic (exact) mass is 383 g/mol. The number of benzene rings is 2. The van der Waals surface area contributed by atoms with E-state index < -0.39 is 22.7 Å². The summed E-state index contributed by atoms with van der Waals surface area (Å²) in [6.07, 6.45) is -4.78. The lowest BCUT2D eigenvalue weighted by atomic mass is 9.99. The van der Waals surface area contributed by atoms with E-state index in [2.05, 4.69) is 5.32 Å². The van der Waals surface area contributed by atoms with E-state index in [1.165, 1.54) is 6.07 Å². The molecule has 0 atom stereocenters. The van der Waals surface area contributed by atoms with Crippen LogP contribution in [0.5, 0.6) is 0 Å². The van der Waals surface area contributed by atoms with Gasteiger partial charge in [-0.2, -0.15) is 13.2 Å². The zero-order chi connectivity index (χ0) is 19.5. The molecule has 26 heavy (non-hydrogen) atoms. The van der Waals surface area contributed by atoms with Gasteiger partial charge in [0, 0.05) is 24.1 Å². The number of anilines is 1. The zero-order valence-electron chi connectivity index (χ0n) is 14.2. The van der Waals surface area contributed by atoms with Gasteiger partial charge in [-0.05, 0) is 43.7 Å². The highest BCUT2D eigenvalue weighted by atomic mass is 35.5. The quantitative estimate of drug-likeness (QED) is 0.685. The molecule has 0 radical (unpaired) electrons. The van der Waals surface area contributed by atoms with Crippen LogP contribution in [0.15, 0.2) is 36.4 Å². The molecular weight excluding hydrogens is 367 g/mol. The summed E-state index contributed by atoms with van der Waals surface area (Å²) in [5.41, 5.74) is 1.25. The van der Waals surface area contributed by atoms with Crippen LogP contribution in [0.1, 0.15) is 39.9 Å². The number of halogens is 4. The van der Waals surface area contributed by atoms with Gasteiger partial charge in [0.2, 0.25) is 5.91 Å². The van der Waals surface area contributed by atoms with Crippen molar-refractivity contribution in [1.82, 2.24) is 0 Å². The molecule has 0 saturated heterocycles. The summed E-state index contributed by atoms with van der Waals surface area (Å²) in [7, 11) is 0. The van der Waals surface area contributed by atoms with Crippen molar-refractivity contribution in [2.45, 2.75) is 32.9 Å². The van der Waals surface area contributed by atoms with E-state index in [4.69, 9.17) is 11.6 Å². The fraction of sp³-hybridized carbons (Fsp3) is 0.263. The van der Waals surface area contributed by atoms with Crippen LogP contribution in [-0.4, -0.2) is 11.7 Å². The Hall–Kier alpha value is -2.34. The van der Waals surface area contributed by atoms with Gasteiger partial charge >= 0.3 is 6.18 Å². The van der Waals surface area contributed by atoms with Crippen LogP contribution in [0.3, 0.4) is 0 Å². The van der Waals surface area contributed by atoms with Gasteiger partial charge in [-0.25, -0.2) is 0 Å². The number of ketones is 1. The van der Waals surface area contributed by atoms with Gasteiger partial charge < -0.3 is 5.32 Å². The number of alkyl halides is 3. The molecule has 0 aliphatic heterocycles. The first-order chi connectivity index (χ1) is 12.1. The largest absolute Gasteiger partial charge is 0.417 e. The number of hydrogen-bond acceptors (Lipinski definition) is 2. The van der Waals surface area contributed by atoms with Crippen molar-refractivity contribution in [1.29, 1.82) is 0 Å². The minimum atomic E-state index is -4.61. The third-order valence-electron chi connectivity index (χ3n) is 3.83. The summed E-state index contributed by atoms with van der Waals surface area (Å²) in [6, 6.07) is 8.59. The Labute approximate surface area is 154 Å². The Kier molecular flexibility index (Phi) is 6.08. The molecule has 2 aromatic carbocycles. The number of aryl methyl sites for hydroxylation is 2. The second kappa shape index (κ2) is 7.91. The van der Waals surface area contributed by atoms with Crippen molar-refractivity contribution in [3.05, 3.63) is 63.7 Å². The Balaban J connectivity index is 2.01. The molecule has 0 bridgehead atoms. The molecule has 2 aromatic rings. The molecule has 0 aliphatic rings. The van der Waals surface area contributed by atoms with Crippen LogP contribution >= 0.6 is 11.6 Å². The highest BCUT2D eigenvalue weighted by molar-refractivity contribution is 6.31. The van der Waals surface area contributed by atoms with Gasteiger partial charge in [0.15, 0.2) is 5.78 Å². The van der Waals surface area contributed by atoms with Gasteiger partial charge in [0.05, 0.1) is 10.6 Å². The maximum Gasteiger partial charge on any atom is 0.417 e. The van der Waals surface area contributed by atoms with E-state index in [1.54, 1.807) is 13.0 Å². The fourth-order valence-electron chi connectivity index (χ4n) is 2.44. The maximum atomic E-state index is 12.8. The van der Waals surface area contributed by atoms with Crippen molar-refractivity contribution in [2.24, 2.45) is 0 Å². The first kappa shape index (κ1) is 20.0. The van der Waals surface area contributed by atoms with E-state index >= 15 is 0 Å². The van der Waals surface area contributed by atoms with Gasteiger partial charge in [-0.15, -0.1) is 0 Å². The number of rotatable bonds is 5. The molecule has 2 rings (SSSR count). The molecule has 0 unspecified atom stereocenters. The molecule has 7 heteroatoms. The molecule has 0 spiro atoms. The van der Waals surface area contributed by atoms with Crippen molar-refractivity contribution in [3.63, 3.8) is 0 Å². The van der Waals surface area contributed by atoms with Crippen LogP contribution in [0, 0.1) is 13.8 Å². The molecule has 3 nitrogen and oxygen atoms in total. The second-order valence-electron chi connectivity index (χ2n) is 5.98. The summed E-state index contributed by atoms with van der Waals surface area (Å²) in [6.45, 7) is 3.67. The lowest BCUT2D eigenvalue weighted by Gasteiger charge is -2.12. The average Bonchev–Trinajstić information content (AvgIpc) is 2.55. The molecule has 138 valence electrons. The van der Waals surface area contributed by atoms with Crippen molar-refractivity contribution in [2.75, 3.05) is 5.32 Å². The van der Waals surface area contributed by atoms with E-state index in [9.17, 15) is 22.8 Å². The number of carbonyl (C=O) groups is 2. The Morgan fingerprint density at radius 1 is 1.04 bits per heavy atom. The van der Waals surface area contributed by atoms with Crippen LogP contribution in [-0.2, 0) is 11.0 Å². The normalized spacial score (nSPS) is 11.3. The Bertz CT molecular complexity index is 847. The zero-order valence-corrected chi connectivity index (χ0v) is 15.0. The molecule has 0 aliphatic carbocycles. The number of hydrogen-bond donors (Lipinski definition) is 1. The summed E-state index contributed by atoms with van der Waals surface area (Å²) >= 11 is 5.54. The van der Waals surface area contributed by atoms with Crippen LogP contribution < -0.4 is 5.32 Å². The van der Waals surface area contributed by atoms with E-state index in [-0.39, 0.29) is 24.3 Å². The van der Waals surface area contributed by atoms with Gasteiger partial charge in [-0.1, -0.05) is 29.3 Å². The summed E-state index contributed by atoms with van der Waals surface area (Å²) in [4.78, 5) is 24.2. The number of Topliss-reactive ketones (excluding diaryl/α,β-unsaturated/α-hetero) is 1. The van der Waals surface area contributed by atoms with Gasteiger partial charge in [0.25, 0.3) is 0 Å². The minimum absolute atomic E-state index is 0.0223. The maximum absolute atomic E-state index is 12.8. The van der Waals surface area contributed by atoms with E-state index in [0.717, 1.165) is 23.3 Å². The molecule has 1 N–H and O–H groups in total. The minimum Gasteiger partial charge on any atom is -0.326 e. The van der Waals surface area contributed by atoms with E-state index in [0.29, 0.717) is 5.56 Å². The Morgan fingerprint density at radius 3 is 2.38 bits per heavy atom. The molecule has 1 amide bonds. The SMILES string of the molecule is Cc1ccc(C)c(C(=O)CCC(=O)Nc2ccc(Cl)c(C(F)(F)F)c2)c1. The van der Waals surface area contributed by atoms with Gasteiger partial charge in [-0.3, -0.25) is 9.59 Å². The number of nitrogens with one attached hydrogen (secondary N) is 1. The second-order valence-corrected chi connectivity index (χ2v) is 6.39. The fourth-order valence-corrected chi connectivity index (χ4v) is 2.67. The van der Waals surface area contributed by atoms with Crippen molar-refractivity contribution in [3.8, 4) is 0 Å². The molecular formula is C19H17ClF3NO2. The number of carbonyl (C=O) groups excluding carboxylic acids is 2. The third kappa shape index (κ3) is 5.08. The predicted molar refractivity (Wildman–Crippen MR) is 94.6 cm³/mol. The summed E-state index contributed by atoms with van der Waals surface area (Å²) in [5.74, 6) is -0.729. The molecule has 0 fully saturated rings. The molecule has 0 aromatic heterocycles. The highest BCUT2D eigenvalue weighted by Gasteiger charge is 2.33. The van der Waals surface area contributed by atoms with Crippen molar-refractivity contribution < 1.29 is 22.8 Å². The lowest BCUT2D eigenvalue weighted by molar-refractivity contribution is -0.137. The smallest absolute Gasteiger partial charge is 0.326 e. The molecule has 0 heterocycles. The topological polar surface area (TPSA) is 46.2 Å². The predicted octanol–water partition coefficient (Wildman–Crippen LogP) is 5.58. The summed E-state index contributed by atoms with van der Waals surface area (Å²) < 4.78 is 38.5. The first-order valence-corrected chi connectivity index (χ1v) is 8.23. The van der Waals surface area contributed by atoms with Crippen molar-refractivity contribution >= 4 is 29.0 Å². The van der Waals surface area contributed by atoms with Crippen LogP contribution in [0.25, 0.3) is 0 Å². The van der Waals surface area contributed by atoms with Gasteiger partial charge in [0.1, 0.15) is 0 Å². The average molecular weight is 384 g/mol. The Morgan fingerprint density at radius 2 is 1.73 bits per heavy atom. The highest BCUT2D eigenvalue weighted by Crippen LogP contribution is 2.36. The third-order valence-corrected chi connectivity index (χ3v) is 4.16. The lowest BCUT2D eigenvalue weighted by Crippen LogP contribution is -2.15. The van der Waals surface area contributed by atoms with Crippen LogP contribution in [0.4, 0.5) is 18.9 Å². The summed E-state index contributed by atoms with van der Waals surface area (Å²) in [5, 5.41) is 1.92. The molecule has 0 saturated carbocycles. The van der Waals surface area contributed by atoms with E-state index in [1.807, 2.05) is 19.1 Å².